The molecular weight excluding hydrogens is 861 g/mol. The minimum absolute atomic E-state index is 0.00921. The van der Waals surface area contributed by atoms with Gasteiger partial charge >= 0.3 is 12.1 Å². The third kappa shape index (κ3) is 10.3. The van der Waals surface area contributed by atoms with Crippen molar-refractivity contribution in [3.05, 3.63) is 72.4 Å². The summed E-state index contributed by atoms with van der Waals surface area (Å²) < 4.78 is 39.2. The van der Waals surface area contributed by atoms with Crippen molar-refractivity contribution in [1.29, 1.82) is 0 Å². The van der Waals surface area contributed by atoms with Crippen LogP contribution >= 0.6 is 0 Å². The summed E-state index contributed by atoms with van der Waals surface area (Å²) in [6.07, 6.45) is 7.75. The van der Waals surface area contributed by atoms with Gasteiger partial charge in [-0.25, -0.2) is 24.5 Å². The molecule has 3 aromatic heterocycles. The van der Waals surface area contributed by atoms with Crippen LogP contribution in [0.5, 0.6) is 11.5 Å². The molecule has 0 saturated carbocycles. The zero-order chi connectivity index (χ0) is 47.1. The van der Waals surface area contributed by atoms with Crippen LogP contribution in [0, 0.1) is 0 Å². The standard InChI is InChI=1S/C44H54N10O12/c1-7-17-65-44(60)54-29-22-32(31(61-6)21-27(29)41(58)53-16-11-13-28(53)42(54)66-36-15-9-10-18-64-36)63-19-12-14-35(55)46-33-24-51(4)37(47-33)40(57)45-26-20-30(50(3)23-26)39(56)49-34-25-52(5)38(48-34)43(59)62-8-2/h7,20-25,28,36,42H,1,8-19H2,2-6H3,(H,45,57)(H,46,55)(H,49,56)/t28-,36?,42?/m0/s1. The first-order valence-corrected chi connectivity index (χ1v) is 21.6. The van der Waals surface area contributed by atoms with E-state index in [9.17, 15) is 28.8 Å². The normalized spacial score (nSPS) is 17.8. The maximum atomic E-state index is 14.1. The highest BCUT2D eigenvalue weighted by Gasteiger charge is 2.48. The summed E-state index contributed by atoms with van der Waals surface area (Å²) in [6, 6.07) is 4.10. The molecule has 3 aliphatic rings. The van der Waals surface area contributed by atoms with Crippen LogP contribution in [-0.2, 0) is 44.9 Å². The second kappa shape index (κ2) is 20.7. The lowest BCUT2D eigenvalue weighted by Gasteiger charge is -2.38. The highest BCUT2D eigenvalue weighted by atomic mass is 16.7. The monoisotopic (exact) mass is 914 g/mol. The highest BCUT2D eigenvalue weighted by Crippen LogP contribution is 2.42. The zero-order valence-electron chi connectivity index (χ0n) is 37.5. The number of aryl methyl sites for hydroxylation is 3. The van der Waals surface area contributed by atoms with E-state index in [1.54, 1.807) is 51.3 Å². The molecule has 5 amide bonds. The molecule has 66 heavy (non-hydrogen) atoms. The van der Waals surface area contributed by atoms with E-state index in [1.165, 1.54) is 50.2 Å². The number of aromatic nitrogens is 5. The number of fused-ring (bicyclic) bond motifs is 2. The highest BCUT2D eigenvalue weighted by molar-refractivity contribution is 6.07. The predicted octanol–water partition coefficient (Wildman–Crippen LogP) is 4.60. The molecule has 2 saturated heterocycles. The number of imidazole rings is 2. The lowest BCUT2D eigenvalue weighted by atomic mass is 10.1. The van der Waals surface area contributed by atoms with Crippen LogP contribution in [0.4, 0.5) is 27.8 Å². The molecule has 0 radical (unpaired) electrons. The van der Waals surface area contributed by atoms with Gasteiger partial charge in [-0.2, -0.15) is 0 Å². The first-order chi connectivity index (χ1) is 31.8. The number of hydrogen-bond donors (Lipinski definition) is 3. The Hall–Kier alpha value is -7.20. The van der Waals surface area contributed by atoms with E-state index in [-0.39, 0.29) is 90.3 Å². The Bertz CT molecular complexity index is 2490. The maximum Gasteiger partial charge on any atom is 0.416 e. The van der Waals surface area contributed by atoms with Gasteiger partial charge in [0, 0.05) is 65.4 Å². The van der Waals surface area contributed by atoms with Gasteiger partial charge in [0.25, 0.3) is 17.7 Å². The van der Waals surface area contributed by atoms with Gasteiger partial charge < -0.3 is 63.0 Å². The van der Waals surface area contributed by atoms with Crippen molar-refractivity contribution in [3.8, 4) is 11.5 Å². The van der Waals surface area contributed by atoms with Crippen molar-refractivity contribution in [2.75, 3.05) is 60.9 Å². The van der Waals surface area contributed by atoms with Crippen molar-refractivity contribution in [2.24, 2.45) is 21.1 Å². The molecule has 0 bridgehead atoms. The Morgan fingerprint density at radius 2 is 1.64 bits per heavy atom. The van der Waals surface area contributed by atoms with E-state index < -0.39 is 48.3 Å². The van der Waals surface area contributed by atoms with E-state index >= 15 is 0 Å². The molecule has 0 spiro atoms. The fraction of sp³-hybridized carbons (Fsp3) is 0.455. The van der Waals surface area contributed by atoms with E-state index in [2.05, 4.69) is 32.5 Å². The number of carbonyl (C=O) groups excluding carboxylic acids is 6. The summed E-state index contributed by atoms with van der Waals surface area (Å²) in [5.41, 5.74) is 0.926. The van der Waals surface area contributed by atoms with Gasteiger partial charge in [0.1, 0.15) is 12.3 Å². The number of hydrogen-bond acceptors (Lipinski definition) is 14. The number of ether oxygens (including phenoxy) is 6. The second-order valence-electron chi connectivity index (χ2n) is 15.8. The predicted molar refractivity (Wildman–Crippen MR) is 237 cm³/mol. The van der Waals surface area contributed by atoms with Crippen molar-refractivity contribution < 1.29 is 57.2 Å². The molecule has 7 rings (SSSR count). The number of methoxy groups -OCH3 is 1. The molecule has 4 aromatic rings. The summed E-state index contributed by atoms with van der Waals surface area (Å²) in [5, 5.41) is 8.06. The molecular formula is C44H54N10O12. The number of amides is 5. The molecule has 22 heteroatoms. The SMILES string of the molecule is C=CCOC(=O)N1c2cc(OCCCC(=O)Nc3cn(C)c(C(=O)Nc4cc(C(=O)Nc5cn(C)c(C(=O)OCC)n5)n(C)c4)n3)c(OC)cc2C(=O)N2CCC[C@H]2C1OC1CCCCO1. The van der Waals surface area contributed by atoms with Crippen LogP contribution in [0.15, 0.2) is 49.4 Å². The molecule has 1 aromatic carbocycles. The van der Waals surface area contributed by atoms with Crippen LogP contribution < -0.4 is 30.3 Å². The Balaban J connectivity index is 0.971. The first kappa shape index (κ1) is 46.8. The molecule has 22 nitrogen and oxygen atoms in total. The third-order valence-electron chi connectivity index (χ3n) is 11.1. The fourth-order valence-corrected chi connectivity index (χ4v) is 8.02. The van der Waals surface area contributed by atoms with E-state index in [0.717, 1.165) is 19.3 Å². The van der Waals surface area contributed by atoms with Crippen molar-refractivity contribution in [2.45, 2.75) is 70.4 Å². The Morgan fingerprint density at radius 3 is 2.36 bits per heavy atom. The lowest BCUT2D eigenvalue weighted by Crippen LogP contribution is -2.54. The Kier molecular flexibility index (Phi) is 14.7. The number of anilines is 4. The number of nitrogens with one attached hydrogen (secondary N) is 3. The molecule has 3 aliphatic heterocycles. The summed E-state index contributed by atoms with van der Waals surface area (Å²) in [5.74, 6) is -1.69. The van der Waals surface area contributed by atoms with Gasteiger partial charge in [-0.05, 0) is 57.6 Å². The molecule has 2 unspecified atom stereocenters. The van der Waals surface area contributed by atoms with Crippen LogP contribution in [0.25, 0.3) is 0 Å². The topological polar surface area (TPSA) is 241 Å². The van der Waals surface area contributed by atoms with Crippen molar-refractivity contribution in [3.63, 3.8) is 0 Å². The summed E-state index contributed by atoms with van der Waals surface area (Å²) >= 11 is 0. The maximum absolute atomic E-state index is 14.1. The minimum Gasteiger partial charge on any atom is -0.493 e. The molecule has 0 aliphatic carbocycles. The van der Waals surface area contributed by atoms with Gasteiger partial charge in [0.2, 0.25) is 17.6 Å². The van der Waals surface area contributed by atoms with Gasteiger partial charge in [-0.15, -0.1) is 0 Å². The van der Waals surface area contributed by atoms with Gasteiger partial charge in [-0.3, -0.25) is 19.2 Å². The zero-order valence-corrected chi connectivity index (χ0v) is 37.5. The van der Waals surface area contributed by atoms with Crippen LogP contribution in [0.2, 0.25) is 0 Å². The summed E-state index contributed by atoms with van der Waals surface area (Å²) in [6.45, 7) is 6.50. The summed E-state index contributed by atoms with van der Waals surface area (Å²) in [4.78, 5) is 91.1. The number of nitrogens with zero attached hydrogens (tertiary/aromatic N) is 7. The van der Waals surface area contributed by atoms with E-state index in [1.807, 2.05) is 0 Å². The van der Waals surface area contributed by atoms with Crippen LogP contribution in [-0.4, -0.2) is 123 Å². The number of benzene rings is 1. The largest absolute Gasteiger partial charge is 0.493 e. The second-order valence-corrected chi connectivity index (χ2v) is 15.8. The number of esters is 1. The quantitative estimate of drug-likeness (QED) is 0.0746. The third-order valence-corrected chi connectivity index (χ3v) is 11.1. The molecule has 352 valence electrons. The average Bonchev–Trinajstić information content (AvgIpc) is 4.09. The Labute approximate surface area is 380 Å². The first-order valence-electron chi connectivity index (χ1n) is 21.6. The lowest BCUT2D eigenvalue weighted by molar-refractivity contribution is -0.195. The smallest absolute Gasteiger partial charge is 0.416 e. The van der Waals surface area contributed by atoms with E-state index in [0.29, 0.717) is 31.7 Å². The molecule has 3 atom stereocenters. The molecule has 2 fully saturated rings. The van der Waals surface area contributed by atoms with Gasteiger partial charge in [0.05, 0.1) is 43.3 Å². The Morgan fingerprint density at radius 1 is 0.879 bits per heavy atom. The van der Waals surface area contributed by atoms with Crippen LogP contribution in [0.3, 0.4) is 0 Å². The molecule has 3 N–H and O–H groups in total. The number of carbonyl (C=O) groups is 6. The average molecular weight is 915 g/mol. The minimum atomic E-state index is -0.917. The summed E-state index contributed by atoms with van der Waals surface area (Å²) in [7, 11) is 6.26. The fourth-order valence-electron chi connectivity index (χ4n) is 8.02. The number of rotatable bonds is 17. The van der Waals surface area contributed by atoms with Crippen LogP contribution in [0.1, 0.15) is 94.0 Å². The molecule has 6 heterocycles. The van der Waals surface area contributed by atoms with Crippen molar-refractivity contribution in [1.82, 2.24) is 28.6 Å². The van der Waals surface area contributed by atoms with Gasteiger partial charge in [0.15, 0.2) is 35.7 Å². The van der Waals surface area contributed by atoms with Gasteiger partial charge in [-0.1, -0.05) is 12.7 Å². The van der Waals surface area contributed by atoms with Crippen molar-refractivity contribution >= 4 is 58.7 Å². The van der Waals surface area contributed by atoms with E-state index in [4.69, 9.17) is 28.4 Å².